The fraction of sp³-hybridized carbons (Fsp3) is 0.167. The Hall–Kier alpha value is -1.85. The van der Waals surface area contributed by atoms with Gasteiger partial charge >= 0.3 is 0 Å². The molecule has 0 aromatic carbocycles. The fourth-order valence-electron chi connectivity index (χ4n) is 0.604. The summed E-state index contributed by atoms with van der Waals surface area (Å²) in [6.45, 7) is 2.00. The highest BCUT2D eigenvalue weighted by atomic mass is 16.9. The van der Waals surface area contributed by atoms with Crippen LogP contribution in [0.3, 0.4) is 0 Å². The van der Waals surface area contributed by atoms with Gasteiger partial charge in [0, 0.05) is 6.07 Å². The quantitative estimate of drug-likeness (QED) is 0.442. The maximum Gasteiger partial charge on any atom is 0.270 e. The van der Waals surface area contributed by atoms with Crippen molar-refractivity contribution in [2.24, 2.45) is 0 Å². The van der Waals surface area contributed by atoms with Gasteiger partial charge in [0.05, 0.1) is 11.3 Å². The van der Waals surface area contributed by atoms with Crippen molar-refractivity contribution in [2.75, 3.05) is 5.73 Å². The van der Waals surface area contributed by atoms with Gasteiger partial charge in [0.1, 0.15) is 0 Å². The summed E-state index contributed by atoms with van der Waals surface area (Å²) in [7, 11) is 0. The molecule has 6 nitrogen and oxygen atoms in total. The number of hydrogen-bond donors (Lipinski definition) is 1. The number of nitrogens with two attached hydrogens (primary N) is 1. The molecule has 0 aliphatic heterocycles. The van der Waals surface area contributed by atoms with Crippen LogP contribution in [-0.2, 0) is 0 Å². The predicted molar refractivity (Wildman–Crippen MR) is 42.5 cm³/mol. The first-order valence-corrected chi connectivity index (χ1v) is 3.07. The standard InChI is InChI=1S/C6H8N2.NO3/c1-5-2-3-8-6(7)4-5;2-1(3)4/h2-4H,1H3,(H2,7,8);/q;-1/p+1. The molecule has 0 bridgehead atoms. The molecule has 0 aliphatic rings. The van der Waals surface area contributed by atoms with Gasteiger partial charge in [-0.3, -0.25) is 5.73 Å². The number of nitrogens with zero attached hydrogens (tertiary/aromatic N) is 1. The second kappa shape index (κ2) is 4.89. The van der Waals surface area contributed by atoms with Gasteiger partial charge < -0.3 is 15.3 Å². The molecular formula is C6H9N3O3. The predicted octanol–water partition coefficient (Wildman–Crippen LogP) is 0.152. The average Bonchev–Trinajstić information content (AvgIpc) is 1.84. The highest BCUT2D eigenvalue weighted by molar-refractivity contribution is 5.24. The van der Waals surface area contributed by atoms with Crippen molar-refractivity contribution in [3.63, 3.8) is 0 Å². The van der Waals surface area contributed by atoms with E-state index in [0.717, 1.165) is 0 Å². The number of hydrogen-bond acceptors (Lipinski definition) is 4. The number of nitrogens with one attached hydrogen (secondary N) is 1. The molecule has 0 saturated carbocycles. The van der Waals surface area contributed by atoms with E-state index < -0.39 is 5.09 Å². The monoisotopic (exact) mass is 171 g/mol. The van der Waals surface area contributed by atoms with Crippen LogP contribution in [0.1, 0.15) is 5.56 Å². The summed E-state index contributed by atoms with van der Waals surface area (Å²) in [5.41, 5.74) is 6.58. The Morgan fingerprint density at radius 3 is 2.33 bits per heavy atom. The van der Waals surface area contributed by atoms with E-state index in [1.807, 2.05) is 25.3 Å². The summed E-state index contributed by atoms with van der Waals surface area (Å²) in [5, 5.41) is 14.8. The SMILES string of the molecule is Cc1cc[nH+]c(N)c1.O=[N+]([O-])[O-]. The molecule has 12 heavy (non-hydrogen) atoms. The van der Waals surface area contributed by atoms with Crippen LogP contribution in [-0.4, -0.2) is 5.09 Å². The van der Waals surface area contributed by atoms with Gasteiger partial charge in [0.2, 0.25) is 0 Å². The van der Waals surface area contributed by atoms with Crippen LogP contribution in [0.15, 0.2) is 18.3 Å². The van der Waals surface area contributed by atoms with Crippen LogP contribution in [0.2, 0.25) is 0 Å². The molecule has 0 unspecified atom stereocenters. The van der Waals surface area contributed by atoms with E-state index >= 15 is 0 Å². The third kappa shape index (κ3) is 6.27. The van der Waals surface area contributed by atoms with Crippen molar-refractivity contribution in [2.45, 2.75) is 6.92 Å². The highest BCUT2D eigenvalue weighted by Gasteiger charge is 1.88. The Morgan fingerprint density at radius 2 is 2.08 bits per heavy atom. The molecule has 1 aromatic heterocycles. The zero-order chi connectivity index (χ0) is 9.56. The molecule has 0 fully saturated rings. The van der Waals surface area contributed by atoms with Gasteiger partial charge in [-0.25, -0.2) is 4.98 Å². The summed E-state index contributed by atoms with van der Waals surface area (Å²) in [6.07, 6.45) is 1.82. The van der Waals surface area contributed by atoms with Crippen LogP contribution >= 0.6 is 0 Å². The number of aryl methyl sites for hydroxylation is 1. The minimum atomic E-state index is -1.75. The van der Waals surface area contributed by atoms with Crippen molar-refractivity contribution in [1.82, 2.24) is 0 Å². The zero-order valence-electron chi connectivity index (χ0n) is 6.48. The Labute approximate surface area is 68.8 Å². The first-order valence-electron chi connectivity index (χ1n) is 3.07. The summed E-state index contributed by atoms with van der Waals surface area (Å²) in [4.78, 5) is 11.1. The Morgan fingerprint density at radius 1 is 1.58 bits per heavy atom. The number of H-pyrrole nitrogens is 1. The molecule has 0 atom stereocenters. The molecule has 0 aliphatic carbocycles. The molecule has 1 heterocycles. The number of aromatic amines is 1. The smallest absolute Gasteiger partial charge is 0.270 e. The zero-order valence-corrected chi connectivity index (χ0v) is 6.48. The van der Waals surface area contributed by atoms with E-state index in [2.05, 4.69) is 4.98 Å². The Kier molecular flexibility index (Phi) is 4.13. The lowest BCUT2D eigenvalue weighted by Crippen LogP contribution is -2.08. The largest absolute Gasteiger partial charge is 0.356 e. The number of aromatic nitrogens is 1. The van der Waals surface area contributed by atoms with Crippen molar-refractivity contribution in [3.05, 3.63) is 39.2 Å². The van der Waals surface area contributed by atoms with Crippen LogP contribution < -0.4 is 10.7 Å². The van der Waals surface area contributed by atoms with E-state index in [4.69, 9.17) is 21.1 Å². The highest BCUT2D eigenvalue weighted by Crippen LogP contribution is 1.94. The normalized spacial score (nSPS) is 8.08. The van der Waals surface area contributed by atoms with Crippen LogP contribution in [0.5, 0.6) is 0 Å². The fourth-order valence-corrected chi connectivity index (χ4v) is 0.604. The summed E-state index contributed by atoms with van der Waals surface area (Å²) >= 11 is 0. The molecule has 0 amide bonds. The lowest BCUT2D eigenvalue weighted by Gasteiger charge is -1.85. The number of pyridine rings is 1. The lowest BCUT2D eigenvalue weighted by atomic mass is 10.3. The van der Waals surface area contributed by atoms with E-state index in [0.29, 0.717) is 5.82 Å². The summed E-state index contributed by atoms with van der Waals surface area (Å²) < 4.78 is 0. The second-order valence-corrected chi connectivity index (χ2v) is 2.04. The molecule has 66 valence electrons. The Bertz CT molecular complexity index is 243. The minimum absolute atomic E-state index is 0.713. The van der Waals surface area contributed by atoms with Gasteiger partial charge in [0.15, 0.2) is 0 Å². The van der Waals surface area contributed by atoms with Gasteiger partial charge in [-0.2, -0.15) is 0 Å². The van der Waals surface area contributed by atoms with Gasteiger partial charge in [0.25, 0.3) is 5.82 Å². The van der Waals surface area contributed by atoms with Crippen molar-refractivity contribution >= 4 is 5.82 Å². The van der Waals surface area contributed by atoms with Gasteiger partial charge in [-0.1, -0.05) is 0 Å². The maximum atomic E-state index is 8.25. The van der Waals surface area contributed by atoms with Crippen molar-refractivity contribution in [3.8, 4) is 0 Å². The van der Waals surface area contributed by atoms with Crippen LogP contribution in [0.25, 0.3) is 0 Å². The van der Waals surface area contributed by atoms with E-state index in [1.165, 1.54) is 5.56 Å². The first kappa shape index (κ1) is 10.2. The first-order chi connectivity index (χ1) is 5.52. The van der Waals surface area contributed by atoms with Crippen LogP contribution in [0, 0.1) is 22.2 Å². The Balaban J connectivity index is 0.000000261. The third-order valence-corrected chi connectivity index (χ3v) is 0.979. The third-order valence-electron chi connectivity index (χ3n) is 0.979. The summed E-state index contributed by atoms with van der Waals surface area (Å²) in [6, 6.07) is 3.86. The van der Waals surface area contributed by atoms with E-state index in [9.17, 15) is 0 Å². The van der Waals surface area contributed by atoms with E-state index in [-0.39, 0.29) is 0 Å². The molecule has 6 heteroatoms. The molecule has 0 saturated heterocycles. The number of anilines is 1. The maximum absolute atomic E-state index is 8.25. The molecule has 1 rings (SSSR count). The molecule has 1 aromatic rings. The van der Waals surface area contributed by atoms with Crippen molar-refractivity contribution < 1.29 is 10.1 Å². The van der Waals surface area contributed by atoms with Crippen molar-refractivity contribution in [1.29, 1.82) is 0 Å². The summed E-state index contributed by atoms with van der Waals surface area (Å²) in [5.74, 6) is 0.713. The number of rotatable bonds is 0. The molecule has 3 N–H and O–H groups in total. The van der Waals surface area contributed by atoms with E-state index in [1.54, 1.807) is 0 Å². The second-order valence-electron chi connectivity index (χ2n) is 2.04. The number of nitrogen functional groups attached to an aromatic ring is 1. The average molecular weight is 171 g/mol. The van der Waals surface area contributed by atoms with Gasteiger partial charge in [-0.05, 0) is 18.6 Å². The van der Waals surface area contributed by atoms with Gasteiger partial charge in [-0.15, -0.1) is 0 Å². The molecule has 0 spiro atoms. The van der Waals surface area contributed by atoms with Crippen LogP contribution in [0.4, 0.5) is 5.82 Å². The molecular weight excluding hydrogens is 162 g/mol. The topological polar surface area (TPSA) is 106 Å². The lowest BCUT2D eigenvalue weighted by molar-refractivity contribution is -0.402. The molecule has 0 radical (unpaired) electrons. The minimum Gasteiger partial charge on any atom is -0.356 e.